The molecule has 1 aliphatic heterocycles. The third-order valence-corrected chi connectivity index (χ3v) is 4.10. The molecule has 0 bridgehead atoms. The van der Waals surface area contributed by atoms with Crippen LogP contribution in [0.1, 0.15) is 17.8 Å². The van der Waals surface area contributed by atoms with Gasteiger partial charge in [0.05, 0.1) is 6.54 Å². The molecule has 144 valence electrons. The van der Waals surface area contributed by atoms with Gasteiger partial charge in [-0.05, 0) is 26.0 Å². The molecule has 0 radical (unpaired) electrons. The first-order valence-corrected chi connectivity index (χ1v) is 8.93. The fourth-order valence-corrected chi connectivity index (χ4v) is 2.88. The highest BCUT2D eigenvalue weighted by Crippen LogP contribution is 2.03. The van der Waals surface area contributed by atoms with Crippen molar-refractivity contribution in [3.05, 3.63) is 52.4 Å². The third-order valence-electron chi connectivity index (χ3n) is 4.10. The number of nitrogens with zero attached hydrogens (tertiary/aromatic N) is 4. The van der Waals surface area contributed by atoms with E-state index in [4.69, 9.17) is 0 Å². The quantitative estimate of drug-likeness (QED) is 0.464. The van der Waals surface area contributed by atoms with E-state index in [1.165, 1.54) is 4.58 Å². The molecule has 2 aromatic rings. The average Bonchev–Trinajstić information content (AvgIpc) is 2.64. The molecule has 2 N–H and O–H groups in total. The molecule has 1 aromatic carbocycles. The van der Waals surface area contributed by atoms with Gasteiger partial charge in [0.15, 0.2) is 6.54 Å². The number of hydrogen-bond acceptors (Lipinski definition) is 6. The summed E-state index contributed by atoms with van der Waals surface area (Å²) in [7, 11) is 0. The van der Waals surface area contributed by atoms with E-state index in [0.29, 0.717) is 23.2 Å². The highest BCUT2D eigenvalue weighted by atomic mass is 16.2. The van der Waals surface area contributed by atoms with E-state index in [0.717, 1.165) is 11.4 Å². The van der Waals surface area contributed by atoms with Crippen molar-refractivity contribution in [2.45, 2.75) is 20.3 Å². The van der Waals surface area contributed by atoms with E-state index in [9.17, 15) is 14.4 Å². The van der Waals surface area contributed by atoms with Crippen molar-refractivity contribution < 1.29 is 14.4 Å². The maximum absolute atomic E-state index is 12.1. The Morgan fingerprint density at radius 3 is 2.54 bits per heavy atom. The van der Waals surface area contributed by atoms with Gasteiger partial charge in [-0.2, -0.15) is 4.99 Å². The summed E-state index contributed by atoms with van der Waals surface area (Å²) in [4.78, 5) is 48.1. The number of amides is 3. The molecule has 0 spiro atoms. The van der Waals surface area contributed by atoms with E-state index in [2.05, 4.69) is 25.6 Å². The van der Waals surface area contributed by atoms with Crippen molar-refractivity contribution in [1.29, 1.82) is 0 Å². The Labute approximate surface area is 161 Å². The minimum absolute atomic E-state index is 0.175. The molecule has 3 rings (SSSR count). The molecular weight excluding hydrogens is 360 g/mol. The molecule has 1 aliphatic rings. The Morgan fingerprint density at radius 2 is 1.79 bits per heavy atom. The molecule has 0 saturated heterocycles. The van der Waals surface area contributed by atoms with Crippen LogP contribution in [0.15, 0.2) is 35.3 Å². The van der Waals surface area contributed by atoms with Crippen molar-refractivity contribution in [2.24, 2.45) is 4.99 Å². The highest BCUT2D eigenvalue weighted by Gasteiger charge is 2.30. The van der Waals surface area contributed by atoms with Crippen LogP contribution in [-0.2, 0) is 14.4 Å². The highest BCUT2D eigenvalue weighted by molar-refractivity contribution is 6.36. The maximum Gasteiger partial charge on any atom is 0.480 e. The van der Waals surface area contributed by atoms with Crippen LogP contribution in [0.4, 0.5) is 5.95 Å². The molecule has 9 nitrogen and oxygen atoms in total. The lowest BCUT2D eigenvalue weighted by Gasteiger charge is -2.07. The zero-order valence-corrected chi connectivity index (χ0v) is 15.7. The van der Waals surface area contributed by atoms with Crippen LogP contribution < -0.4 is 25.9 Å². The molecule has 9 heteroatoms. The standard InChI is InChI=1S/C19H20N6O3/c1-12-11-13(2)23-19(22-12)21-8-7-16(26)20-9-10-25-15-6-4-3-5-14(15)24-17(27)18(25)28/h3-6,11H,7-10H2,1-2H3,(H-,20,21,22,23,26)/p+1. The number of para-hydroxylation sites is 2. The Kier molecular flexibility index (Phi) is 5.83. The summed E-state index contributed by atoms with van der Waals surface area (Å²) in [6.07, 6.45) is 0.231. The Bertz CT molecular complexity index is 1040. The molecule has 1 aromatic heterocycles. The fraction of sp³-hybridized carbons (Fsp3) is 0.316. The Balaban J connectivity index is 1.52. The molecule has 3 amide bonds. The van der Waals surface area contributed by atoms with Gasteiger partial charge in [-0.15, -0.1) is 4.58 Å². The van der Waals surface area contributed by atoms with E-state index < -0.39 is 11.8 Å². The second-order valence-corrected chi connectivity index (χ2v) is 6.36. The smallest absolute Gasteiger partial charge is 0.354 e. The van der Waals surface area contributed by atoms with Crippen LogP contribution in [-0.4, -0.2) is 47.3 Å². The van der Waals surface area contributed by atoms with Gasteiger partial charge in [-0.3, -0.25) is 9.59 Å². The summed E-state index contributed by atoms with van der Waals surface area (Å²) in [5, 5.41) is 6.79. The first kappa shape index (κ1) is 19.3. The minimum atomic E-state index is -0.803. The third kappa shape index (κ3) is 4.61. The van der Waals surface area contributed by atoms with Gasteiger partial charge in [0.25, 0.3) is 0 Å². The second-order valence-electron chi connectivity index (χ2n) is 6.36. The SMILES string of the molecule is Cc1cc(C)nc(NCCC(=O)NCC[N+]2=c3ccccc3=NC(=O)C2=O)n1. The van der Waals surface area contributed by atoms with Crippen LogP contribution in [0.5, 0.6) is 0 Å². The van der Waals surface area contributed by atoms with Crippen LogP contribution in [0.25, 0.3) is 0 Å². The van der Waals surface area contributed by atoms with Crippen molar-refractivity contribution >= 4 is 23.7 Å². The number of aryl methyl sites for hydroxylation is 2. The number of hydrogen-bond donors (Lipinski definition) is 2. The second kappa shape index (κ2) is 8.47. The molecule has 0 fully saturated rings. The van der Waals surface area contributed by atoms with Crippen molar-refractivity contribution in [3.63, 3.8) is 0 Å². The number of anilines is 1. The van der Waals surface area contributed by atoms with Crippen molar-refractivity contribution in [1.82, 2.24) is 19.9 Å². The monoisotopic (exact) mass is 381 g/mol. The van der Waals surface area contributed by atoms with E-state index in [-0.39, 0.29) is 25.4 Å². The predicted molar refractivity (Wildman–Crippen MR) is 101 cm³/mol. The van der Waals surface area contributed by atoms with Crippen LogP contribution >= 0.6 is 0 Å². The zero-order chi connectivity index (χ0) is 20.1. The predicted octanol–water partition coefficient (Wildman–Crippen LogP) is -1.11. The van der Waals surface area contributed by atoms with Gasteiger partial charge in [0, 0.05) is 30.4 Å². The van der Waals surface area contributed by atoms with Crippen molar-refractivity contribution in [2.75, 3.05) is 25.0 Å². The summed E-state index contributed by atoms with van der Waals surface area (Å²) >= 11 is 0. The summed E-state index contributed by atoms with van der Waals surface area (Å²) in [6.45, 7) is 4.57. The molecule has 2 heterocycles. The van der Waals surface area contributed by atoms with Gasteiger partial charge in [0.1, 0.15) is 5.36 Å². The number of rotatable bonds is 7. The molecule has 0 atom stereocenters. The number of carbonyl (C=O) groups excluding carboxylic acids is 3. The van der Waals surface area contributed by atoms with E-state index in [1.807, 2.05) is 19.9 Å². The van der Waals surface area contributed by atoms with E-state index in [1.54, 1.807) is 24.3 Å². The lowest BCUT2D eigenvalue weighted by molar-refractivity contribution is -0.139. The number of nitrogens with one attached hydrogen (secondary N) is 2. The first-order valence-electron chi connectivity index (χ1n) is 8.93. The Hall–Kier alpha value is -3.49. The number of carbonyl (C=O) groups is 3. The van der Waals surface area contributed by atoms with Crippen LogP contribution in [0, 0.1) is 13.8 Å². The van der Waals surface area contributed by atoms with E-state index >= 15 is 0 Å². The first-order chi connectivity index (χ1) is 13.4. The fourth-order valence-electron chi connectivity index (χ4n) is 2.88. The summed E-state index contributed by atoms with van der Waals surface area (Å²) in [5.74, 6) is -1.18. The van der Waals surface area contributed by atoms with Gasteiger partial charge in [0.2, 0.25) is 17.2 Å². The molecular formula is C19H21N6O3+. The number of aromatic nitrogens is 2. The zero-order valence-electron chi connectivity index (χ0n) is 15.7. The average molecular weight is 381 g/mol. The molecule has 0 saturated carbocycles. The number of benzene rings is 1. The molecule has 0 unspecified atom stereocenters. The van der Waals surface area contributed by atoms with Gasteiger partial charge in [-0.25, -0.2) is 14.8 Å². The summed E-state index contributed by atoms with van der Waals surface area (Å²) < 4.78 is 1.34. The topological polar surface area (TPSA) is 116 Å². The normalized spacial score (nSPS) is 13.0. The van der Waals surface area contributed by atoms with Gasteiger partial charge in [-0.1, -0.05) is 12.1 Å². The molecule has 28 heavy (non-hydrogen) atoms. The Morgan fingerprint density at radius 1 is 1.07 bits per heavy atom. The maximum atomic E-state index is 12.1. The van der Waals surface area contributed by atoms with Crippen LogP contribution in [0.2, 0.25) is 0 Å². The lowest BCUT2D eigenvalue weighted by Crippen LogP contribution is -2.52. The summed E-state index contributed by atoms with van der Waals surface area (Å²) in [6, 6.07) is 8.78. The minimum Gasteiger partial charge on any atom is -0.354 e. The van der Waals surface area contributed by atoms with Crippen molar-refractivity contribution in [3.8, 4) is 0 Å². The molecule has 0 aliphatic carbocycles. The number of fused-ring (bicyclic) bond motifs is 1. The largest absolute Gasteiger partial charge is 0.480 e. The van der Waals surface area contributed by atoms with Gasteiger partial charge >= 0.3 is 11.8 Å². The lowest BCUT2D eigenvalue weighted by atomic mass is 10.3. The van der Waals surface area contributed by atoms with Gasteiger partial charge < -0.3 is 10.6 Å². The van der Waals surface area contributed by atoms with Crippen LogP contribution in [0.3, 0.4) is 0 Å². The summed E-state index contributed by atoms with van der Waals surface area (Å²) in [5.41, 5.74) is 1.71.